The average molecular weight is 280 g/mol. The molecule has 0 aliphatic rings. The highest BCUT2D eigenvalue weighted by atomic mass is 19.4. The van der Waals surface area contributed by atoms with Crippen LogP contribution in [-0.4, -0.2) is 35.7 Å². The molecule has 0 aliphatic carbocycles. The molecule has 0 atom stereocenters. The van der Waals surface area contributed by atoms with Crippen LogP contribution in [0.4, 0.5) is 24.7 Å². The second-order valence-electron chi connectivity index (χ2n) is 4.18. The maximum Gasteiger partial charge on any atom is 0.411 e. The third kappa shape index (κ3) is 4.98. The van der Waals surface area contributed by atoms with Gasteiger partial charge in [0.2, 0.25) is 0 Å². The van der Waals surface area contributed by atoms with Crippen molar-refractivity contribution in [3.05, 3.63) is 5.69 Å². The van der Waals surface area contributed by atoms with Gasteiger partial charge >= 0.3 is 6.18 Å². The number of hydrogen-bond acceptors (Lipinski definition) is 4. The van der Waals surface area contributed by atoms with E-state index < -0.39 is 12.8 Å². The van der Waals surface area contributed by atoms with Crippen LogP contribution in [0, 0.1) is 0 Å². The Morgan fingerprint density at radius 2 is 2.11 bits per heavy atom. The third-order valence-electron chi connectivity index (χ3n) is 2.45. The van der Waals surface area contributed by atoms with E-state index in [4.69, 9.17) is 5.73 Å². The summed E-state index contributed by atoms with van der Waals surface area (Å²) in [5, 5.41) is 7.18. The molecule has 0 spiro atoms. The van der Waals surface area contributed by atoms with Gasteiger partial charge in [-0.15, -0.1) is 0 Å². The molecule has 1 aromatic rings. The number of hydrogen-bond donors (Lipinski definition) is 2. The lowest BCUT2D eigenvalue weighted by Gasteiger charge is -2.09. The Hall–Kier alpha value is -1.44. The van der Waals surface area contributed by atoms with Crippen LogP contribution in [0.5, 0.6) is 0 Å². The van der Waals surface area contributed by atoms with Gasteiger partial charge in [0.05, 0.1) is 18.0 Å². The smallest absolute Gasteiger partial charge is 0.394 e. The van der Waals surface area contributed by atoms with Crippen LogP contribution in [-0.2, 0) is 18.2 Å². The van der Waals surface area contributed by atoms with Crippen LogP contribution in [0.3, 0.4) is 0 Å². The van der Waals surface area contributed by atoms with Crippen molar-refractivity contribution in [3.63, 3.8) is 0 Å². The Morgan fingerprint density at radius 3 is 2.68 bits per heavy atom. The van der Waals surface area contributed by atoms with Crippen molar-refractivity contribution >= 4 is 11.5 Å². The van der Waals surface area contributed by atoms with Gasteiger partial charge in [-0.25, -0.2) is 0 Å². The molecule has 1 aromatic heterocycles. The molecule has 0 amide bonds. The second kappa shape index (κ2) is 6.65. The lowest BCUT2D eigenvalue weighted by atomic mass is 10.2. The molecule has 5 nitrogen and oxygen atoms in total. The minimum atomic E-state index is -4.29. The number of alkyl halides is 3. The summed E-state index contributed by atoms with van der Waals surface area (Å²) in [7, 11) is 1.73. The van der Waals surface area contributed by atoms with E-state index in [2.05, 4.69) is 15.2 Å². The molecule has 0 bridgehead atoms. The molecule has 110 valence electrons. The summed E-state index contributed by atoms with van der Waals surface area (Å²) < 4.78 is 41.6. The number of nitrogens with two attached hydrogens (primary N) is 1. The van der Waals surface area contributed by atoms with Crippen molar-refractivity contribution in [2.45, 2.75) is 25.9 Å². The molecule has 0 fully saturated rings. The Balaban J connectivity index is 2.41. The molecule has 0 aromatic carbocycles. The summed E-state index contributed by atoms with van der Waals surface area (Å²) in [5.74, 6) is 0.610. The molecular formula is C11H19F3N4O. The first-order chi connectivity index (χ1) is 8.85. The van der Waals surface area contributed by atoms with Crippen LogP contribution < -0.4 is 11.1 Å². The minimum absolute atomic E-state index is 0.0484. The highest BCUT2D eigenvalue weighted by molar-refractivity contribution is 5.65. The zero-order chi connectivity index (χ0) is 14.5. The number of nitrogens with zero attached hydrogens (tertiary/aromatic N) is 2. The summed E-state index contributed by atoms with van der Waals surface area (Å²) in [4.78, 5) is 0. The first-order valence-electron chi connectivity index (χ1n) is 6.05. The van der Waals surface area contributed by atoms with E-state index in [1.807, 2.05) is 6.92 Å². The third-order valence-corrected chi connectivity index (χ3v) is 2.45. The zero-order valence-corrected chi connectivity index (χ0v) is 11.0. The van der Waals surface area contributed by atoms with Gasteiger partial charge in [-0.2, -0.15) is 18.3 Å². The van der Waals surface area contributed by atoms with Gasteiger partial charge in [-0.1, -0.05) is 13.3 Å². The van der Waals surface area contributed by atoms with E-state index in [9.17, 15) is 13.2 Å². The van der Waals surface area contributed by atoms with Crippen LogP contribution in [0.15, 0.2) is 0 Å². The van der Waals surface area contributed by atoms with Crippen molar-refractivity contribution < 1.29 is 17.9 Å². The van der Waals surface area contributed by atoms with E-state index in [-0.39, 0.29) is 13.2 Å². The van der Waals surface area contributed by atoms with Crippen molar-refractivity contribution in [2.24, 2.45) is 7.05 Å². The highest BCUT2D eigenvalue weighted by Gasteiger charge is 2.27. The Labute approximate surface area is 109 Å². The zero-order valence-electron chi connectivity index (χ0n) is 11.0. The summed E-state index contributed by atoms with van der Waals surface area (Å²) >= 11 is 0. The maximum atomic E-state index is 11.8. The molecule has 0 aliphatic heterocycles. The van der Waals surface area contributed by atoms with Gasteiger partial charge in [0.25, 0.3) is 0 Å². The van der Waals surface area contributed by atoms with Crippen molar-refractivity contribution in [1.82, 2.24) is 9.78 Å². The summed E-state index contributed by atoms with van der Waals surface area (Å²) in [6.07, 6.45) is -2.60. The van der Waals surface area contributed by atoms with Crippen molar-refractivity contribution in [2.75, 3.05) is 30.8 Å². The fourth-order valence-corrected chi connectivity index (χ4v) is 1.66. The fraction of sp³-hybridized carbons (Fsp3) is 0.727. The summed E-state index contributed by atoms with van der Waals surface area (Å²) in [6.45, 7) is 0.974. The number of nitrogens with one attached hydrogen (secondary N) is 1. The Kier molecular flexibility index (Phi) is 5.46. The SMILES string of the molecule is CCCc1nn(C)c(NCCOCC(F)(F)F)c1N. The summed E-state index contributed by atoms with van der Waals surface area (Å²) in [6, 6.07) is 0. The number of nitrogen functional groups attached to an aromatic ring is 1. The van der Waals surface area contributed by atoms with Gasteiger partial charge in [-0.05, 0) is 6.42 Å². The molecule has 1 rings (SSSR count). The standard InChI is InChI=1S/C11H19F3N4O/c1-3-4-8-9(15)10(18(2)17-8)16-5-6-19-7-11(12,13)14/h16H,3-7,15H2,1-2H3. The van der Waals surface area contributed by atoms with E-state index in [1.165, 1.54) is 0 Å². The van der Waals surface area contributed by atoms with E-state index in [0.29, 0.717) is 11.5 Å². The van der Waals surface area contributed by atoms with Gasteiger partial charge in [0, 0.05) is 13.6 Å². The van der Waals surface area contributed by atoms with E-state index in [0.717, 1.165) is 18.5 Å². The quantitative estimate of drug-likeness (QED) is 0.749. The van der Waals surface area contributed by atoms with Gasteiger partial charge in [0.15, 0.2) is 0 Å². The molecule has 0 unspecified atom stereocenters. The fourth-order valence-electron chi connectivity index (χ4n) is 1.66. The molecular weight excluding hydrogens is 261 g/mol. The van der Waals surface area contributed by atoms with Crippen molar-refractivity contribution in [1.29, 1.82) is 0 Å². The number of aryl methyl sites for hydroxylation is 2. The summed E-state index contributed by atoms with van der Waals surface area (Å²) in [5.41, 5.74) is 7.24. The predicted molar refractivity (Wildman–Crippen MR) is 67.0 cm³/mol. The Bertz CT molecular complexity index is 403. The normalized spacial score (nSPS) is 11.8. The number of anilines is 2. The lowest BCUT2D eigenvalue weighted by molar-refractivity contribution is -0.172. The molecule has 0 saturated heterocycles. The highest BCUT2D eigenvalue weighted by Crippen LogP contribution is 2.22. The van der Waals surface area contributed by atoms with E-state index in [1.54, 1.807) is 11.7 Å². The second-order valence-corrected chi connectivity index (χ2v) is 4.18. The lowest BCUT2D eigenvalue weighted by Crippen LogP contribution is -2.20. The van der Waals surface area contributed by atoms with Crippen molar-refractivity contribution in [3.8, 4) is 0 Å². The Morgan fingerprint density at radius 1 is 1.42 bits per heavy atom. The topological polar surface area (TPSA) is 65.1 Å². The first-order valence-corrected chi connectivity index (χ1v) is 6.05. The average Bonchev–Trinajstić information content (AvgIpc) is 2.55. The largest absolute Gasteiger partial charge is 0.411 e. The molecule has 3 N–H and O–H groups in total. The molecule has 19 heavy (non-hydrogen) atoms. The molecule has 0 radical (unpaired) electrons. The van der Waals surface area contributed by atoms with Crippen LogP contribution >= 0.6 is 0 Å². The first kappa shape index (κ1) is 15.6. The van der Waals surface area contributed by atoms with Crippen LogP contribution in [0.25, 0.3) is 0 Å². The monoisotopic (exact) mass is 280 g/mol. The predicted octanol–water partition coefficient (Wildman–Crippen LogP) is 1.95. The number of rotatable bonds is 7. The molecule has 1 heterocycles. The number of ether oxygens (including phenoxy) is 1. The number of aromatic nitrogens is 2. The van der Waals surface area contributed by atoms with Crippen LogP contribution in [0.1, 0.15) is 19.0 Å². The number of halogens is 3. The van der Waals surface area contributed by atoms with E-state index >= 15 is 0 Å². The van der Waals surface area contributed by atoms with Gasteiger partial charge < -0.3 is 15.8 Å². The van der Waals surface area contributed by atoms with Crippen LogP contribution in [0.2, 0.25) is 0 Å². The molecule has 0 saturated carbocycles. The minimum Gasteiger partial charge on any atom is -0.394 e. The van der Waals surface area contributed by atoms with Gasteiger partial charge in [0.1, 0.15) is 12.4 Å². The molecule has 8 heteroatoms. The maximum absolute atomic E-state index is 11.8. The van der Waals surface area contributed by atoms with Gasteiger partial charge in [-0.3, -0.25) is 4.68 Å².